The summed E-state index contributed by atoms with van der Waals surface area (Å²) >= 11 is 0. The number of nitrogens with one attached hydrogen (secondary N) is 1. The Labute approximate surface area is 120 Å². The molecular weight excluding hydrogens is 278 g/mol. The molecule has 0 bridgehead atoms. The Kier molecular flexibility index (Phi) is 3.94. The molecule has 0 aliphatic carbocycles. The van der Waals surface area contributed by atoms with Crippen LogP contribution in [-0.2, 0) is 13.0 Å². The number of rotatable bonds is 4. The van der Waals surface area contributed by atoms with Gasteiger partial charge in [-0.15, -0.1) is 0 Å². The van der Waals surface area contributed by atoms with Crippen LogP contribution in [0.25, 0.3) is 0 Å². The van der Waals surface area contributed by atoms with Crippen LogP contribution in [0.2, 0.25) is 0 Å². The summed E-state index contributed by atoms with van der Waals surface area (Å²) in [6, 6.07) is 3.34. The van der Waals surface area contributed by atoms with Crippen molar-refractivity contribution < 1.29 is 13.9 Å². The summed E-state index contributed by atoms with van der Waals surface area (Å²) < 4.78 is 28.2. The Morgan fingerprint density at radius 1 is 1.43 bits per heavy atom. The van der Waals surface area contributed by atoms with Crippen LogP contribution in [-0.4, -0.2) is 32.5 Å². The minimum absolute atomic E-state index is 0.0983. The molecule has 0 unspecified atom stereocenters. The fraction of sp³-hybridized carbons (Fsp3) is 0.429. The summed E-state index contributed by atoms with van der Waals surface area (Å²) in [7, 11) is 0. The number of aryl methyl sites for hydroxylation is 1. The molecule has 2 N–H and O–H groups in total. The first-order valence-electron chi connectivity index (χ1n) is 6.86. The average Bonchev–Trinajstić information content (AvgIpc) is 2.92. The fourth-order valence-corrected chi connectivity index (χ4v) is 2.56. The van der Waals surface area contributed by atoms with Crippen molar-refractivity contribution >= 4 is 0 Å². The molecule has 1 aromatic carbocycles. The van der Waals surface area contributed by atoms with Gasteiger partial charge in [0.15, 0.2) is 0 Å². The zero-order valence-electron chi connectivity index (χ0n) is 11.3. The van der Waals surface area contributed by atoms with Gasteiger partial charge in [-0.3, -0.25) is 0 Å². The number of hydrogen-bond donors (Lipinski definition) is 2. The number of benzene rings is 1. The maximum absolute atomic E-state index is 13.6. The van der Waals surface area contributed by atoms with E-state index in [2.05, 4.69) is 15.4 Å². The third-order valence-corrected chi connectivity index (χ3v) is 3.73. The molecule has 0 amide bonds. The normalized spacial score (nSPS) is 19.3. The molecule has 2 atom stereocenters. The number of hydrogen-bond acceptors (Lipinski definition) is 4. The SMILES string of the molecule is O[C@@H](CN[C@H]1CCc2ncnn2C1)c1ccc(F)cc1F. The van der Waals surface area contributed by atoms with Gasteiger partial charge in [-0.1, -0.05) is 6.07 Å². The van der Waals surface area contributed by atoms with Crippen LogP contribution >= 0.6 is 0 Å². The molecule has 0 spiro atoms. The topological polar surface area (TPSA) is 63.0 Å². The van der Waals surface area contributed by atoms with Crippen LogP contribution < -0.4 is 5.32 Å². The Morgan fingerprint density at radius 2 is 2.29 bits per heavy atom. The van der Waals surface area contributed by atoms with E-state index in [4.69, 9.17) is 0 Å². The quantitative estimate of drug-likeness (QED) is 0.889. The van der Waals surface area contributed by atoms with Crippen LogP contribution in [0.5, 0.6) is 0 Å². The first-order chi connectivity index (χ1) is 10.1. The molecule has 1 aromatic heterocycles. The van der Waals surface area contributed by atoms with Crippen molar-refractivity contribution in [3.63, 3.8) is 0 Å². The van der Waals surface area contributed by atoms with Crippen molar-refractivity contribution in [2.45, 2.75) is 31.5 Å². The van der Waals surface area contributed by atoms with E-state index in [1.807, 2.05) is 4.68 Å². The summed E-state index contributed by atoms with van der Waals surface area (Å²) in [6.07, 6.45) is 2.22. The molecule has 3 rings (SSSR count). The Hall–Kier alpha value is -1.86. The maximum atomic E-state index is 13.6. The number of fused-ring (bicyclic) bond motifs is 1. The lowest BCUT2D eigenvalue weighted by molar-refractivity contribution is 0.160. The number of aromatic nitrogens is 3. The lowest BCUT2D eigenvalue weighted by Crippen LogP contribution is -2.39. The molecule has 2 aromatic rings. The van der Waals surface area contributed by atoms with Gasteiger partial charge in [0, 0.05) is 30.6 Å². The third kappa shape index (κ3) is 3.08. The van der Waals surface area contributed by atoms with Crippen LogP contribution in [0.15, 0.2) is 24.5 Å². The Balaban J connectivity index is 1.58. The molecule has 21 heavy (non-hydrogen) atoms. The van der Waals surface area contributed by atoms with Crippen molar-refractivity contribution in [1.82, 2.24) is 20.1 Å². The molecule has 0 saturated heterocycles. The van der Waals surface area contributed by atoms with Gasteiger partial charge >= 0.3 is 0 Å². The molecule has 0 radical (unpaired) electrons. The second-order valence-corrected chi connectivity index (χ2v) is 5.18. The molecular formula is C14H16F2N4O. The molecule has 0 saturated carbocycles. The van der Waals surface area contributed by atoms with E-state index >= 15 is 0 Å². The molecule has 2 heterocycles. The fourth-order valence-electron chi connectivity index (χ4n) is 2.56. The summed E-state index contributed by atoms with van der Waals surface area (Å²) in [5.41, 5.74) is 0.0983. The highest BCUT2D eigenvalue weighted by Crippen LogP contribution is 2.18. The zero-order valence-corrected chi connectivity index (χ0v) is 11.3. The van der Waals surface area contributed by atoms with E-state index in [-0.39, 0.29) is 18.2 Å². The molecule has 5 nitrogen and oxygen atoms in total. The summed E-state index contributed by atoms with van der Waals surface area (Å²) in [5, 5.41) is 17.3. The average molecular weight is 294 g/mol. The third-order valence-electron chi connectivity index (χ3n) is 3.73. The first-order valence-corrected chi connectivity index (χ1v) is 6.86. The standard InChI is InChI=1S/C14H16F2N4O/c15-9-1-3-11(12(16)5-9)13(21)6-17-10-2-4-14-18-8-19-20(14)7-10/h1,3,5,8,10,13,17,21H,2,4,6-7H2/t10-,13-/m0/s1. The minimum atomic E-state index is -1.01. The van der Waals surface area contributed by atoms with E-state index in [1.165, 1.54) is 12.4 Å². The minimum Gasteiger partial charge on any atom is -0.387 e. The Morgan fingerprint density at radius 3 is 3.10 bits per heavy atom. The van der Waals surface area contributed by atoms with E-state index in [9.17, 15) is 13.9 Å². The molecule has 1 aliphatic rings. The van der Waals surface area contributed by atoms with E-state index in [1.54, 1.807) is 0 Å². The smallest absolute Gasteiger partial charge is 0.138 e. The second kappa shape index (κ2) is 5.87. The summed E-state index contributed by atoms with van der Waals surface area (Å²) in [6.45, 7) is 0.880. The van der Waals surface area contributed by atoms with Crippen molar-refractivity contribution in [3.8, 4) is 0 Å². The van der Waals surface area contributed by atoms with Crippen molar-refractivity contribution in [3.05, 3.63) is 47.5 Å². The van der Waals surface area contributed by atoms with Gasteiger partial charge in [0.25, 0.3) is 0 Å². The maximum Gasteiger partial charge on any atom is 0.138 e. The molecule has 7 heteroatoms. The number of halogens is 2. The number of aliphatic hydroxyl groups excluding tert-OH is 1. The molecule has 112 valence electrons. The number of aliphatic hydroxyl groups is 1. The highest BCUT2D eigenvalue weighted by Gasteiger charge is 2.21. The van der Waals surface area contributed by atoms with Crippen LogP contribution in [0, 0.1) is 11.6 Å². The van der Waals surface area contributed by atoms with E-state index < -0.39 is 17.7 Å². The van der Waals surface area contributed by atoms with Crippen molar-refractivity contribution in [2.75, 3.05) is 6.54 Å². The highest BCUT2D eigenvalue weighted by atomic mass is 19.1. The lowest BCUT2D eigenvalue weighted by Gasteiger charge is -2.25. The first kappa shape index (κ1) is 14.1. The lowest BCUT2D eigenvalue weighted by atomic mass is 10.1. The molecule has 1 aliphatic heterocycles. The van der Waals surface area contributed by atoms with Gasteiger partial charge in [0.1, 0.15) is 23.8 Å². The predicted molar refractivity (Wildman–Crippen MR) is 71.5 cm³/mol. The van der Waals surface area contributed by atoms with E-state index in [0.717, 1.165) is 30.8 Å². The summed E-state index contributed by atoms with van der Waals surface area (Å²) in [4.78, 5) is 4.14. The van der Waals surface area contributed by atoms with E-state index in [0.29, 0.717) is 6.54 Å². The zero-order chi connectivity index (χ0) is 14.8. The van der Waals surface area contributed by atoms with Gasteiger partial charge in [-0.25, -0.2) is 18.4 Å². The van der Waals surface area contributed by atoms with Gasteiger partial charge in [0.05, 0.1) is 12.6 Å². The van der Waals surface area contributed by atoms with Gasteiger partial charge in [-0.2, -0.15) is 5.10 Å². The highest BCUT2D eigenvalue weighted by molar-refractivity contribution is 5.21. The van der Waals surface area contributed by atoms with Crippen LogP contribution in [0.1, 0.15) is 23.9 Å². The van der Waals surface area contributed by atoms with Crippen LogP contribution in [0.3, 0.4) is 0 Å². The van der Waals surface area contributed by atoms with Crippen LogP contribution in [0.4, 0.5) is 8.78 Å². The monoisotopic (exact) mass is 294 g/mol. The molecule has 0 fully saturated rings. The van der Waals surface area contributed by atoms with Crippen molar-refractivity contribution in [2.24, 2.45) is 0 Å². The van der Waals surface area contributed by atoms with Gasteiger partial charge in [0.2, 0.25) is 0 Å². The van der Waals surface area contributed by atoms with Crippen molar-refractivity contribution in [1.29, 1.82) is 0 Å². The summed E-state index contributed by atoms with van der Waals surface area (Å²) in [5.74, 6) is -0.424. The second-order valence-electron chi connectivity index (χ2n) is 5.18. The van der Waals surface area contributed by atoms with Gasteiger partial charge < -0.3 is 10.4 Å². The Bertz CT molecular complexity index is 631. The van der Waals surface area contributed by atoms with Gasteiger partial charge in [-0.05, 0) is 12.5 Å². The number of nitrogens with zero attached hydrogens (tertiary/aromatic N) is 3. The predicted octanol–water partition coefficient (Wildman–Crippen LogP) is 1.19. The largest absolute Gasteiger partial charge is 0.387 e.